The van der Waals surface area contributed by atoms with E-state index in [1.807, 2.05) is 0 Å². The van der Waals surface area contributed by atoms with Crippen LogP contribution in [0.5, 0.6) is 0 Å². The Bertz CT molecular complexity index is 274. The van der Waals surface area contributed by atoms with Crippen LogP contribution in [-0.4, -0.2) is 49.3 Å². The maximum atomic E-state index is 11.6. The molecule has 76 valence electrons. The largest absolute Gasteiger partial charge is 0.377 e. The Morgan fingerprint density at radius 1 is 1.21 bits per heavy atom. The molecule has 2 saturated heterocycles. The van der Waals surface area contributed by atoms with Crippen molar-refractivity contribution in [1.82, 2.24) is 4.90 Å². The quantitative estimate of drug-likeness (QED) is 0.574. The van der Waals surface area contributed by atoms with Gasteiger partial charge in [0.15, 0.2) is 0 Å². The van der Waals surface area contributed by atoms with Gasteiger partial charge in [0.2, 0.25) is 0 Å². The molecule has 0 radical (unpaired) electrons. The van der Waals surface area contributed by atoms with E-state index in [9.17, 15) is 4.79 Å². The summed E-state index contributed by atoms with van der Waals surface area (Å²) in [6.07, 6.45) is 0. The van der Waals surface area contributed by atoms with Crippen molar-refractivity contribution in [3.63, 3.8) is 0 Å². The highest BCUT2D eigenvalue weighted by Crippen LogP contribution is 2.19. The van der Waals surface area contributed by atoms with Crippen molar-refractivity contribution in [2.24, 2.45) is 0 Å². The molecule has 2 heterocycles. The SMILES string of the molecule is O=C(C#CBr)N1C2COCC1COC2. The van der Waals surface area contributed by atoms with E-state index in [1.54, 1.807) is 4.90 Å². The molecule has 2 rings (SSSR count). The number of fused-ring (bicyclic) bond motifs is 2. The first-order valence-electron chi connectivity index (χ1n) is 4.42. The number of halogens is 1. The highest BCUT2D eigenvalue weighted by molar-refractivity contribution is 9.12. The van der Waals surface area contributed by atoms with Crippen LogP contribution in [0.1, 0.15) is 0 Å². The Kier molecular flexibility index (Phi) is 3.06. The smallest absolute Gasteiger partial charge is 0.300 e. The van der Waals surface area contributed by atoms with Crippen LogP contribution in [0, 0.1) is 10.8 Å². The van der Waals surface area contributed by atoms with Gasteiger partial charge in [-0.2, -0.15) is 0 Å². The molecule has 0 atom stereocenters. The molecule has 0 N–H and O–H groups in total. The zero-order valence-electron chi connectivity index (χ0n) is 7.53. The van der Waals surface area contributed by atoms with E-state index in [2.05, 4.69) is 26.7 Å². The topological polar surface area (TPSA) is 38.8 Å². The second kappa shape index (κ2) is 4.30. The first kappa shape index (κ1) is 9.97. The third-order valence-corrected chi connectivity index (χ3v) is 2.61. The standard InChI is InChI=1S/C9H10BrNO3/c10-2-1-9(12)11-7-3-13-5-8(11)6-14-4-7/h7-8H,3-6H2. The van der Waals surface area contributed by atoms with Crippen molar-refractivity contribution in [2.45, 2.75) is 12.1 Å². The molecule has 2 fully saturated rings. The summed E-state index contributed by atoms with van der Waals surface area (Å²) < 4.78 is 10.7. The molecule has 2 aliphatic heterocycles. The number of ether oxygens (including phenoxy) is 2. The van der Waals surface area contributed by atoms with E-state index in [1.165, 1.54) is 0 Å². The van der Waals surface area contributed by atoms with Gasteiger partial charge >= 0.3 is 0 Å². The number of morpholine rings is 2. The van der Waals surface area contributed by atoms with Gasteiger partial charge in [-0.1, -0.05) is 0 Å². The number of hydrogen-bond acceptors (Lipinski definition) is 3. The molecular weight excluding hydrogens is 250 g/mol. The van der Waals surface area contributed by atoms with Crippen LogP contribution in [0.3, 0.4) is 0 Å². The van der Waals surface area contributed by atoms with Gasteiger partial charge in [0.05, 0.1) is 38.5 Å². The first-order chi connectivity index (χ1) is 6.83. The minimum absolute atomic E-state index is 0.0309. The summed E-state index contributed by atoms with van der Waals surface area (Å²) in [7, 11) is 0. The van der Waals surface area contributed by atoms with Gasteiger partial charge in [-0.25, -0.2) is 0 Å². The second-order valence-electron chi connectivity index (χ2n) is 3.31. The molecule has 14 heavy (non-hydrogen) atoms. The summed E-state index contributed by atoms with van der Waals surface area (Å²) in [5, 5.41) is 0. The number of rotatable bonds is 0. The molecule has 1 amide bonds. The monoisotopic (exact) mass is 259 g/mol. The summed E-state index contributed by atoms with van der Waals surface area (Å²) >= 11 is 2.93. The highest BCUT2D eigenvalue weighted by atomic mass is 79.9. The Hall–Kier alpha value is -0.570. The van der Waals surface area contributed by atoms with E-state index in [4.69, 9.17) is 9.47 Å². The van der Waals surface area contributed by atoms with Crippen LogP contribution < -0.4 is 0 Å². The van der Waals surface area contributed by atoms with Gasteiger partial charge in [0.25, 0.3) is 5.91 Å². The zero-order chi connectivity index (χ0) is 9.97. The van der Waals surface area contributed by atoms with E-state index in [-0.39, 0.29) is 18.0 Å². The fourth-order valence-electron chi connectivity index (χ4n) is 1.83. The molecule has 5 heteroatoms. The van der Waals surface area contributed by atoms with E-state index in [0.717, 1.165) is 0 Å². The Balaban J connectivity index is 2.14. The Morgan fingerprint density at radius 2 is 1.71 bits per heavy atom. The van der Waals surface area contributed by atoms with E-state index < -0.39 is 0 Å². The third kappa shape index (κ3) is 1.78. The van der Waals surface area contributed by atoms with Gasteiger partial charge in [0.1, 0.15) is 0 Å². The fraction of sp³-hybridized carbons (Fsp3) is 0.667. The minimum Gasteiger partial charge on any atom is -0.377 e. The Labute approximate surface area is 90.7 Å². The lowest BCUT2D eigenvalue weighted by atomic mass is 10.1. The van der Waals surface area contributed by atoms with Crippen molar-refractivity contribution in [1.29, 1.82) is 0 Å². The van der Waals surface area contributed by atoms with Crippen LogP contribution in [0.2, 0.25) is 0 Å². The van der Waals surface area contributed by atoms with Crippen LogP contribution >= 0.6 is 15.9 Å². The Morgan fingerprint density at radius 3 is 2.14 bits per heavy atom. The third-order valence-electron chi connectivity index (χ3n) is 2.42. The summed E-state index contributed by atoms with van der Waals surface area (Å²) in [5.74, 6) is 2.34. The van der Waals surface area contributed by atoms with Gasteiger partial charge in [0, 0.05) is 21.9 Å². The molecule has 0 aromatic carbocycles. The average Bonchev–Trinajstić information content (AvgIpc) is 2.17. The molecule has 0 unspecified atom stereocenters. The lowest BCUT2D eigenvalue weighted by Gasteiger charge is -2.44. The number of nitrogens with zero attached hydrogens (tertiary/aromatic N) is 1. The number of amides is 1. The lowest BCUT2D eigenvalue weighted by molar-refractivity contribution is -0.162. The predicted molar refractivity (Wildman–Crippen MR) is 52.8 cm³/mol. The molecular formula is C9H10BrNO3. The van der Waals surface area contributed by atoms with Gasteiger partial charge < -0.3 is 14.4 Å². The fourth-order valence-corrected chi connectivity index (χ4v) is 2.00. The number of carbonyl (C=O) groups excluding carboxylic acids is 1. The van der Waals surface area contributed by atoms with Gasteiger partial charge in [-0.3, -0.25) is 4.79 Å². The first-order valence-corrected chi connectivity index (χ1v) is 5.21. The summed E-state index contributed by atoms with van der Waals surface area (Å²) in [6, 6.07) is 0.0618. The van der Waals surface area contributed by atoms with Gasteiger partial charge in [-0.15, -0.1) is 0 Å². The maximum Gasteiger partial charge on any atom is 0.300 e. The van der Waals surface area contributed by atoms with Crippen molar-refractivity contribution < 1.29 is 14.3 Å². The van der Waals surface area contributed by atoms with E-state index in [0.29, 0.717) is 26.4 Å². The minimum atomic E-state index is -0.150. The number of hydrogen-bond donors (Lipinski definition) is 0. The molecule has 0 saturated carbocycles. The predicted octanol–water partition coefficient (Wildman–Crippen LogP) is -0.0316. The average molecular weight is 260 g/mol. The molecule has 0 aromatic heterocycles. The van der Waals surface area contributed by atoms with Crippen molar-refractivity contribution in [3.05, 3.63) is 0 Å². The number of carbonyl (C=O) groups is 1. The summed E-state index contributed by atoms with van der Waals surface area (Å²) in [6.45, 7) is 2.19. The summed E-state index contributed by atoms with van der Waals surface area (Å²) in [4.78, 5) is 15.8. The second-order valence-corrected chi connectivity index (χ2v) is 3.71. The van der Waals surface area contributed by atoms with Crippen molar-refractivity contribution in [3.8, 4) is 10.8 Å². The summed E-state index contributed by atoms with van der Waals surface area (Å²) in [5.41, 5.74) is 0. The van der Waals surface area contributed by atoms with E-state index >= 15 is 0 Å². The molecule has 0 spiro atoms. The normalized spacial score (nSPS) is 30.5. The van der Waals surface area contributed by atoms with Crippen LogP contribution in [0.4, 0.5) is 0 Å². The highest BCUT2D eigenvalue weighted by Gasteiger charge is 2.37. The zero-order valence-corrected chi connectivity index (χ0v) is 9.12. The van der Waals surface area contributed by atoms with Crippen LogP contribution in [0.15, 0.2) is 0 Å². The molecule has 2 bridgehead atoms. The maximum absolute atomic E-state index is 11.6. The molecule has 0 aromatic rings. The lowest BCUT2D eigenvalue weighted by Crippen LogP contribution is -2.61. The van der Waals surface area contributed by atoms with Crippen molar-refractivity contribution >= 4 is 21.8 Å². The molecule has 2 aliphatic rings. The molecule has 0 aliphatic carbocycles. The van der Waals surface area contributed by atoms with Gasteiger partial charge in [-0.05, 0) is 4.83 Å². The van der Waals surface area contributed by atoms with Crippen molar-refractivity contribution in [2.75, 3.05) is 26.4 Å². The molecule has 4 nitrogen and oxygen atoms in total. The van der Waals surface area contributed by atoms with Crippen LogP contribution in [-0.2, 0) is 14.3 Å². The van der Waals surface area contributed by atoms with Crippen LogP contribution in [0.25, 0.3) is 0 Å².